The molecule has 0 aromatic heterocycles. The van der Waals surface area contributed by atoms with Gasteiger partial charge in [0.15, 0.2) is 0 Å². The van der Waals surface area contributed by atoms with Crippen molar-refractivity contribution >= 4 is 0 Å². The van der Waals surface area contributed by atoms with Gasteiger partial charge in [-0.1, -0.05) is 6.92 Å². The van der Waals surface area contributed by atoms with Crippen LogP contribution in [0.1, 0.15) is 31.4 Å². The first kappa shape index (κ1) is 9.46. The predicted molar refractivity (Wildman–Crippen MR) is 50.7 cm³/mol. The lowest BCUT2D eigenvalue weighted by Gasteiger charge is -2.28. The third kappa shape index (κ3) is 1.60. The van der Waals surface area contributed by atoms with E-state index in [2.05, 4.69) is 0 Å². The average Bonchev–Trinajstić information content (AvgIpc) is 2.16. The van der Waals surface area contributed by atoms with Crippen LogP contribution in [0.4, 0.5) is 4.39 Å². The number of benzene rings is 1. The Labute approximate surface area is 82.3 Å². The Kier molecular flexibility index (Phi) is 2.42. The summed E-state index contributed by atoms with van der Waals surface area (Å²) in [4.78, 5) is 0. The fourth-order valence-corrected chi connectivity index (χ4v) is 1.74. The number of hydrogen-bond acceptors (Lipinski definition) is 2. The monoisotopic (exact) mass is 196 g/mol. The summed E-state index contributed by atoms with van der Waals surface area (Å²) in [7, 11) is 0. The highest BCUT2D eigenvalue weighted by molar-refractivity contribution is 5.37. The van der Waals surface area contributed by atoms with Gasteiger partial charge in [0.05, 0.1) is 6.10 Å². The SMILES string of the molecule is CCC1C[C@H](O)c2ccc(F)cc2O1. The number of rotatable bonds is 1. The molecule has 1 unspecified atom stereocenters. The van der Waals surface area contributed by atoms with E-state index < -0.39 is 6.10 Å². The van der Waals surface area contributed by atoms with Gasteiger partial charge < -0.3 is 9.84 Å². The van der Waals surface area contributed by atoms with Crippen molar-refractivity contribution < 1.29 is 14.2 Å². The van der Waals surface area contributed by atoms with Gasteiger partial charge in [-0.25, -0.2) is 4.39 Å². The van der Waals surface area contributed by atoms with E-state index in [1.807, 2.05) is 6.92 Å². The van der Waals surface area contributed by atoms with E-state index in [0.717, 1.165) is 6.42 Å². The van der Waals surface area contributed by atoms with Crippen LogP contribution in [0.5, 0.6) is 5.75 Å². The molecule has 1 aromatic carbocycles. The number of fused-ring (bicyclic) bond motifs is 1. The highest BCUT2D eigenvalue weighted by atomic mass is 19.1. The first-order chi connectivity index (χ1) is 6.70. The van der Waals surface area contributed by atoms with Gasteiger partial charge in [-0.05, 0) is 18.6 Å². The van der Waals surface area contributed by atoms with Crippen LogP contribution in [0.3, 0.4) is 0 Å². The second-order valence-electron chi connectivity index (χ2n) is 3.58. The van der Waals surface area contributed by atoms with Crippen molar-refractivity contribution in [3.63, 3.8) is 0 Å². The topological polar surface area (TPSA) is 29.5 Å². The Morgan fingerprint density at radius 1 is 1.57 bits per heavy atom. The van der Waals surface area contributed by atoms with Crippen LogP contribution in [0.25, 0.3) is 0 Å². The lowest BCUT2D eigenvalue weighted by Crippen LogP contribution is -2.24. The van der Waals surface area contributed by atoms with Crippen LogP contribution in [-0.2, 0) is 0 Å². The van der Waals surface area contributed by atoms with E-state index in [0.29, 0.717) is 17.7 Å². The Morgan fingerprint density at radius 3 is 3.07 bits per heavy atom. The first-order valence-electron chi connectivity index (χ1n) is 4.85. The summed E-state index contributed by atoms with van der Waals surface area (Å²) in [5, 5.41) is 9.75. The zero-order chi connectivity index (χ0) is 10.1. The van der Waals surface area contributed by atoms with Crippen LogP contribution in [0, 0.1) is 5.82 Å². The molecule has 0 saturated heterocycles. The third-order valence-corrected chi connectivity index (χ3v) is 2.57. The van der Waals surface area contributed by atoms with Crippen molar-refractivity contribution in [2.45, 2.75) is 32.0 Å². The molecule has 76 valence electrons. The fourth-order valence-electron chi connectivity index (χ4n) is 1.74. The molecule has 0 bridgehead atoms. The fraction of sp³-hybridized carbons (Fsp3) is 0.455. The maximum absolute atomic E-state index is 12.9. The molecule has 14 heavy (non-hydrogen) atoms. The summed E-state index contributed by atoms with van der Waals surface area (Å²) in [5.74, 6) is 0.156. The van der Waals surface area contributed by atoms with Gasteiger partial charge in [-0.15, -0.1) is 0 Å². The number of halogens is 1. The Bertz CT molecular complexity index is 338. The van der Waals surface area contributed by atoms with Crippen molar-refractivity contribution in [3.05, 3.63) is 29.6 Å². The summed E-state index contributed by atoms with van der Waals surface area (Å²) in [5.41, 5.74) is 0.691. The Hall–Kier alpha value is -1.09. The van der Waals surface area contributed by atoms with Crippen LogP contribution in [-0.4, -0.2) is 11.2 Å². The van der Waals surface area contributed by atoms with Gasteiger partial charge in [-0.3, -0.25) is 0 Å². The molecule has 0 saturated carbocycles. The molecule has 0 amide bonds. The molecular weight excluding hydrogens is 183 g/mol. The first-order valence-corrected chi connectivity index (χ1v) is 4.85. The molecule has 2 atom stereocenters. The second-order valence-corrected chi connectivity index (χ2v) is 3.58. The predicted octanol–water partition coefficient (Wildman–Crippen LogP) is 2.42. The molecule has 0 aliphatic carbocycles. The van der Waals surface area contributed by atoms with Gasteiger partial charge in [-0.2, -0.15) is 0 Å². The average molecular weight is 196 g/mol. The maximum Gasteiger partial charge on any atom is 0.128 e. The smallest absolute Gasteiger partial charge is 0.128 e. The summed E-state index contributed by atoms with van der Waals surface area (Å²) >= 11 is 0. The lowest BCUT2D eigenvalue weighted by molar-refractivity contribution is 0.0639. The molecule has 1 aliphatic rings. The molecule has 2 rings (SSSR count). The molecular formula is C11H13FO2. The van der Waals surface area contributed by atoms with E-state index >= 15 is 0 Å². The van der Waals surface area contributed by atoms with Crippen LogP contribution >= 0.6 is 0 Å². The number of aliphatic hydroxyl groups is 1. The summed E-state index contributed by atoms with van der Waals surface area (Å²) < 4.78 is 18.4. The molecule has 0 spiro atoms. The molecule has 2 nitrogen and oxygen atoms in total. The Morgan fingerprint density at radius 2 is 2.36 bits per heavy atom. The molecule has 1 aliphatic heterocycles. The van der Waals surface area contributed by atoms with E-state index in [4.69, 9.17) is 4.74 Å². The number of aliphatic hydroxyl groups excluding tert-OH is 1. The minimum Gasteiger partial charge on any atom is -0.490 e. The largest absolute Gasteiger partial charge is 0.490 e. The van der Waals surface area contributed by atoms with Crippen molar-refractivity contribution in [3.8, 4) is 5.75 Å². The highest BCUT2D eigenvalue weighted by Crippen LogP contribution is 2.35. The standard InChI is InChI=1S/C11H13FO2/c1-2-8-6-10(13)9-4-3-7(12)5-11(9)14-8/h3-5,8,10,13H,2,6H2,1H3/t8?,10-/m0/s1. The summed E-state index contributed by atoms with van der Waals surface area (Å²) in [6.45, 7) is 1.99. The number of hydrogen-bond donors (Lipinski definition) is 1. The second kappa shape index (κ2) is 3.58. The minimum atomic E-state index is -0.524. The van der Waals surface area contributed by atoms with E-state index in [1.54, 1.807) is 6.07 Å². The van der Waals surface area contributed by atoms with Gasteiger partial charge >= 0.3 is 0 Å². The molecule has 3 heteroatoms. The van der Waals surface area contributed by atoms with Gasteiger partial charge in [0.1, 0.15) is 17.7 Å². The van der Waals surface area contributed by atoms with E-state index in [9.17, 15) is 9.50 Å². The van der Waals surface area contributed by atoms with Crippen molar-refractivity contribution in [2.75, 3.05) is 0 Å². The molecule has 1 aromatic rings. The zero-order valence-corrected chi connectivity index (χ0v) is 8.03. The van der Waals surface area contributed by atoms with E-state index in [-0.39, 0.29) is 11.9 Å². The van der Waals surface area contributed by atoms with Gasteiger partial charge in [0, 0.05) is 18.1 Å². The summed E-state index contributed by atoms with van der Waals surface area (Å²) in [6, 6.07) is 4.26. The molecule has 1 N–H and O–H groups in total. The van der Waals surface area contributed by atoms with Crippen LogP contribution in [0.2, 0.25) is 0 Å². The maximum atomic E-state index is 12.9. The Balaban J connectivity index is 2.35. The van der Waals surface area contributed by atoms with Crippen molar-refractivity contribution in [1.82, 2.24) is 0 Å². The van der Waals surface area contributed by atoms with Crippen LogP contribution < -0.4 is 4.74 Å². The quantitative estimate of drug-likeness (QED) is 0.747. The molecule has 0 fully saturated rings. The van der Waals surface area contributed by atoms with Crippen molar-refractivity contribution in [1.29, 1.82) is 0 Å². The molecule has 0 radical (unpaired) electrons. The van der Waals surface area contributed by atoms with Gasteiger partial charge in [0.25, 0.3) is 0 Å². The number of ether oxygens (including phenoxy) is 1. The molecule has 1 heterocycles. The van der Waals surface area contributed by atoms with Crippen molar-refractivity contribution in [2.24, 2.45) is 0 Å². The van der Waals surface area contributed by atoms with Crippen LogP contribution in [0.15, 0.2) is 18.2 Å². The summed E-state index contributed by atoms with van der Waals surface area (Å²) in [6.07, 6.45) is 0.894. The van der Waals surface area contributed by atoms with E-state index in [1.165, 1.54) is 12.1 Å². The lowest BCUT2D eigenvalue weighted by atomic mass is 9.98. The van der Waals surface area contributed by atoms with Gasteiger partial charge in [0.2, 0.25) is 0 Å². The third-order valence-electron chi connectivity index (χ3n) is 2.57. The normalized spacial score (nSPS) is 25.4. The highest BCUT2D eigenvalue weighted by Gasteiger charge is 2.25. The zero-order valence-electron chi connectivity index (χ0n) is 8.03. The minimum absolute atomic E-state index is 0.000648.